The van der Waals surface area contributed by atoms with Crippen molar-refractivity contribution in [3.63, 3.8) is 0 Å². The first-order chi connectivity index (χ1) is 31.6. The molecule has 0 bridgehead atoms. The average Bonchev–Trinajstić information content (AvgIpc) is 3.36. The van der Waals surface area contributed by atoms with Gasteiger partial charge in [0.25, 0.3) is 0 Å². The molecule has 2 fully saturated rings. The van der Waals surface area contributed by atoms with Gasteiger partial charge in [-0.15, -0.1) is 0 Å². The highest BCUT2D eigenvalue weighted by atomic mass is 16.6. The van der Waals surface area contributed by atoms with E-state index in [1.807, 2.05) is 54.9 Å². The molecule has 1 saturated carbocycles. The van der Waals surface area contributed by atoms with E-state index in [0.29, 0.717) is 68.3 Å². The smallest absolute Gasteiger partial charge is 0.409 e. The lowest BCUT2D eigenvalue weighted by atomic mass is 9.58. The molecule has 1 unspecified atom stereocenters. The van der Waals surface area contributed by atoms with E-state index < -0.39 is 11.6 Å². The van der Waals surface area contributed by atoms with E-state index in [9.17, 15) is 9.59 Å². The third-order valence-corrected chi connectivity index (χ3v) is 14.4. The summed E-state index contributed by atoms with van der Waals surface area (Å²) in [7, 11) is 8.30. The van der Waals surface area contributed by atoms with E-state index in [1.54, 1.807) is 35.5 Å². The van der Waals surface area contributed by atoms with Crippen molar-refractivity contribution in [2.45, 2.75) is 63.6 Å². The molecule has 4 atom stereocenters. The highest BCUT2D eigenvalue weighted by Crippen LogP contribution is 2.59. The number of ether oxygens (including phenoxy) is 5. The van der Waals surface area contributed by atoms with Gasteiger partial charge in [0.2, 0.25) is 11.8 Å². The summed E-state index contributed by atoms with van der Waals surface area (Å²) in [4.78, 5) is 58.1. The van der Waals surface area contributed by atoms with Crippen LogP contribution in [0.2, 0.25) is 0 Å². The largest absolute Gasteiger partial charge is 0.493 e. The zero-order valence-corrected chi connectivity index (χ0v) is 38.8. The number of piperazine rings is 1. The van der Waals surface area contributed by atoms with Crippen LogP contribution in [0.4, 0.5) is 10.5 Å². The quantitative estimate of drug-likeness (QED) is 0.142. The van der Waals surface area contributed by atoms with Crippen LogP contribution in [0.15, 0.2) is 79.1 Å². The zero-order valence-electron chi connectivity index (χ0n) is 38.8. The van der Waals surface area contributed by atoms with Crippen LogP contribution in [-0.2, 0) is 39.3 Å². The van der Waals surface area contributed by atoms with Crippen molar-refractivity contribution in [2.75, 3.05) is 92.7 Å². The highest BCUT2D eigenvalue weighted by Gasteiger charge is 2.58. The van der Waals surface area contributed by atoms with Crippen molar-refractivity contribution in [1.29, 1.82) is 0 Å². The van der Waals surface area contributed by atoms with E-state index in [1.165, 1.54) is 10.5 Å². The molecule has 14 heteroatoms. The van der Waals surface area contributed by atoms with E-state index >= 15 is 4.79 Å². The first-order valence-corrected chi connectivity index (χ1v) is 23.0. The number of anilines is 1. The highest BCUT2D eigenvalue weighted by molar-refractivity contribution is 5.81. The van der Waals surface area contributed by atoms with Crippen LogP contribution in [-0.4, -0.2) is 130 Å². The van der Waals surface area contributed by atoms with Crippen LogP contribution in [0.3, 0.4) is 0 Å². The number of hydrogen-bond donors (Lipinski definition) is 0. The van der Waals surface area contributed by atoms with Crippen molar-refractivity contribution in [2.24, 2.45) is 11.8 Å². The molecule has 3 amide bonds. The number of hydrogen-bond acceptors (Lipinski definition) is 11. The topological polar surface area (TPSA) is 126 Å². The molecule has 1 spiro atoms. The van der Waals surface area contributed by atoms with Gasteiger partial charge < -0.3 is 43.3 Å². The van der Waals surface area contributed by atoms with Crippen molar-refractivity contribution < 1.29 is 38.1 Å². The molecule has 1 aromatic heterocycles. The Morgan fingerprint density at radius 1 is 0.785 bits per heavy atom. The van der Waals surface area contributed by atoms with Gasteiger partial charge in [0.1, 0.15) is 6.61 Å². The lowest BCUT2D eigenvalue weighted by Gasteiger charge is -2.60. The summed E-state index contributed by atoms with van der Waals surface area (Å²) in [5, 5.41) is 0. The Balaban J connectivity index is 1.19. The molecule has 1 aliphatic carbocycles. The second-order valence-corrected chi connectivity index (χ2v) is 17.6. The van der Waals surface area contributed by atoms with Gasteiger partial charge in [0.15, 0.2) is 23.0 Å². The number of aromatic nitrogens is 1. The van der Waals surface area contributed by atoms with Crippen LogP contribution in [0, 0.1) is 11.8 Å². The Morgan fingerprint density at radius 2 is 1.43 bits per heavy atom. The summed E-state index contributed by atoms with van der Waals surface area (Å²) >= 11 is 0. The summed E-state index contributed by atoms with van der Waals surface area (Å²) in [6.07, 6.45) is 6.37. The molecule has 8 rings (SSSR count). The second kappa shape index (κ2) is 20.0. The van der Waals surface area contributed by atoms with Gasteiger partial charge >= 0.3 is 6.09 Å². The van der Waals surface area contributed by atoms with Crippen molar-refractivity contribution in [3.8, 4) is 23.0 Å². The fourth-order valence-electron chi connectivity index (χ4n) is 11.1. The lowest BCUT2D eigenvalue weighted by molar-refractivity contribution is -0.153. The Kier molecular flexibility index (Phi) is 14.0. The van der Waals surface area contributed by atoms with Crippen molar-refractivity contribution >= 4 is 23.6 Å². The molecule has 4 aromatic rings. The van der Waals surface area contributed by atoms with Crippen LogP contribution in [0.5, 0.6) is 23.0 Å². The monoisotopic (exact) mass is 888 g/mol. The fraction of sp³-hybridized carbons (Fsp3) is 0.490. The predicted octanol–water partition coefficient (Wildman–Crippen LogP) is 6.74. The maximum absolute atomic E-state index is 15.2. The van der Waals surface area contributed by atoms with Gasteiger partial charge in [-0.3, -0.25) is 19.5 Å². The summed E-state index contributed by atoms with van der Waals surface area (Å²) in [6, 6.07) is 21.8. The van der Waals surface area contributed by atoms with Crippen LogP contribution < -0.4 is 23.8 Å². The minimum Gasteiger partial charge on any atom is -0.493 e. The predicted molar refractivity (Wildman–Crippen MR) is 248 cm³/mol. The standard InChI is InChI=1S/C51H64N6O8/c1-7-54-23-16-36-30-43(61-3)45(63-5)32-40(36)48(54)42-29-38(49(59)56-27-25-55(26-28-56)39-14-20-52-21-15-39)13-19-51(42)41-33-46(64-6)44(62-4)31-37(41)17-24-57(51)47(58)18-22-53(2)50(60)65-34-35-11-9-8-10-12-35/h8-12,14-15,20-21,30-33,38,42,48H,7,13,16-19,22-29,34H2,1-6H3/t38-,42-,48?,51+/m1/s1. The number of pyridine rings is 1. The normalized spacial score (nSPS) is 21.8. The van der Waals surface area contributed by atoms with Gasteiger partial charge in [0.05, 0.1) is 34.0 Å². The average molecular weight is 889 g/mol. The Bertz CT molecular complexity index is 2310. The lowest BCUT2D eigenvalue weighted by Crippen LogP contribution is -2.63. The number of carbonyl (C=O) groups excluding carboxylic acids is 3. The van der Waals surface area contributed by atoms with Gasteiger partial charge in [-0.2, -0.15) is 0 Å². The third-order valence-electron chi connectivity index (χ3n) is 14.4. The third kappa shape index (κ3) is 9.01. The van der Waals surface area contributed by atoms with Gasteiger partial charge in [-0.25, -0.2) is 4.79 Å². The van der Waals surface area contributed by atoms with Crippen LogP contribution >= 0.6 is 0 Å². The maximum atomic E-state index is 15.2. The van der Waals surface area contributed by atoms with Crippen molar-refractivity contribution in [1.82, 2.24) is 24.6 Å². The number of fused-ring (bicyclic) bond motifs is 3. The van der Waals surface area contributed by atoms with E-state index in [0.717, 1.165) is 60.5 Å². The number of amides is 3. The number of likely N-dealkylation sites (N-methyl/N-ethyl adjacent to an activating group) is 1. The molecular formula is C51H64N6O8. The molecule has 3 aliphatic heterocycles. The molecule has 14 nitrogen and oxygen atoms in total. The first-order valence-electron chi connectivity index (χ1n) is 23.0. The van der Waals surface area contributed by atoms with E-state index in [4.69, 9.17) is 23.7 Å². The first kappa shape index (κ1) is 45.5. The number of methoxy groups -OCH3 is 4. The zero-order chi connectivity index (χ0) is 45.7. The van der Waals surface area contributed by atoms with Gasteiger partial charge in [-0.1, -0.05) is 37.3 Å². The molecule has 0 radical (unpaired) electrons. The molecule has 0 N–H and O–H groups in total. The summed E-state index contributed by atoms with van der Waals surface area (Å²) in [5.41, 5.74) is 5.56. The van der Waals surface area contributed by atoms with E-state index in [-0.39, 0.29) is 49.3 Å². The molecule has 1 saturated heterocycles. The molecule has 4 heterocycles. The number of nitrogens with zero attached hydrogens (tertiary/aromatic N) is 6. The van der Waals surface area contributed by atoms with Crippen LogP contribution in [0.1, 0.15) is 66.5 Å². The molecule has 65 heavy (non-hydrogen) atoms. The Hall–Kier alpha value is -6.02. The minimum atomic E-state index is -0.854. The minimum absolute atomic E-state index is 0.0541. The molecule has 4 aliphatic rings. The fourth-order valence-corrected chi connectivity index (χ4v) is 11.1. The van der Waals surface area contributed by atoms with Gasteiger partial charge in [-0.05, 0) is 103 Å². The summed E-state index contributed by atoms with van der Waals surface area (Å²) in [5.74, 6) is 2.15. The van der Waals surface area contributed by atoms with Crippen LogP contribution in [0.25, 0.3) is 0 Å². The number of benzene rings is 3. The molecule has 346 valence electrons. The maximum Gasteiger partial charge on any atom is 0.409 e. The Labute approximate surface area is 383 Å². The summed E-state index contributed by atoms with van der Waals surface area (Å²) in [6.45, 7) is 7.28. The second-order valence-electron chi connectivity index (χ2n) is 17.6. The number of carbonyl (C=O) groups is 3. The van der Waals surface area contributed by atoms with E-state index in [2.05, 4.69) is 55.8 Å². The molecular weight excluding hydrogens is 825 g/mol. The Morgan fingerprint density at radius 3 is 2.11 bits per heavy atom. The number of rotatable bonds is 13. The van der Waals surface area contributed by atoms with Gasteiger partial charge in [0, 0.05) is 95.2 Å². The molecule has 3 aromatic carbocycles. The summed E-state index contributed by atoms with van der Waals surface area (Å²) < 4.78 is 29.3. The SMILES string of the molecule is CCN1CCc2cc(OC)c(OC)cc2C1[C@H]1C[C@H](C(=O)N2CCN(c3ccncc3)CC2)CC[C@]12c1cc(OC)c(OC)cc1CCN2C(=O)CCN(C)C(=O)OCc1ccccc1. The van der Waals surface area contributed by atoms with Crippen molar-refractivity contribution in [3.05, 3.63) is 107 Å².